The van der Waals surface area contributed by atoms with E-state index in [1.165, 1.54) is 24.1 Å². The molecule has 0 aliphatic carbocycles. The van der Waals surface area contributed by atoms with Crippen molar-refractivity contribution in [1.29, 1.82) is 0 Å². The fourth-order valence-corrected chi connectivity index (χ4v) is 5.33. The van der Waals surface area contributed by atoms with Crippen LogP contribution in [0.4, 0.5) is 10.5 Å². The van der Waals surface area contributed by atoms with Gasteiger partial charge < -0.3 is 9.47 Å². The quantitative estimate of drug-likeness (QED) is 0.127. The molecule has 0 atom stereocenters. The van der Waals surface area contributed by atoms with E-state index >= 15 is 0 Å². The van der Waals surface area contributed by atoms with Gasteiger partial charge in [0.15, 0.2) is 11.5 Å². The number of halogens is 1. The number of methoxy groups -OCH3 is 1. The van der Waals surface area contributed by atoms with Gasteiger partial charge >= 0.3 is 0 Å². The van der Waals surface area contributed by atoms with E-state index in [0.717, 1.165) is 28.1 Å². The number of nitrogens with zero attached hydrogens (tertiary/aromatic N) is 2. The fraction of sp³-hybridized carbons (Fsp3) is 0.103. The molecule has 4 aromatic carbocycles. The molecular weight excluding hydrogens is 540 g/mol. The second-order valence-corrected chi connectivity index (χ2v) is 10.1. The molecule has 8 nitrogen and oxygen atoms in total. The molecule has 4 aromatic rings. The highest BCUT2D eigenvalue weighted by molar-refractivity contribution is 8.18. The molecule has 1 saturated heterocycles. The highest BCUT2D eigenvalue weighted by Crippen LogP contribution is 2.40. The topological polar surface area (TPSA) is 99.0 Å². The van der Waals surface area contributed by atoms with Crippen molar-refractivity contribution in [2.75, 3.05) is 7.11 Å². The van der Waals surface area contributed by atoms with Crippen molar-refractivity contribution in [2.24, 2.45) is 0 Å². The summed E-state index contributed by atoms with van der Waals surface area (Å²) in [6, 6.07) is 22.9. The van der Waals surface area contributed by atoms with Crippen molar-refractivity contribution in [1.82, 2.24) is 4.90 Å². The van der Waals surface area contributed by atoms with Gasteiger partial charge in [-0.15, -0.1) is 0 Å². The zero-order valence-corrected chi connectivity index (χ0v) is 22.2. The number of imide groups is 1. The van der Waals surface area contributed by atoms with E-state index in [4.69, 9.17) is 21.1 Å². The minimum atomic E-state index is -0.471. The Hall–Kier alpha value is -4.34. The van der Waals surface area contributed by atoms with Crippen LogP contribution in [0.15, 0.2) is 83.8 Å². The molecule has 39 heavy (non-hydrogen) atoms. The summed E-state index contributed by atoms with van der Waals surface area (Å²) < 4.78 is 11.3. The second-order valence-electron chi connectivity index (χ2n) is 8.65. The Morgan fingerprint density at radius 3 is 2.51 bits per heavy atom. The second kappa shape index (κ2) is 11.2. The Morgan fingerprint density at radius 2 is 1.77 bits per heavy atom. The summed E-state index contributed by atoms with van der Waals surface area (Å²) in [5.74, 6) is 0.246. The van der Waals surface area contributed by atoms with Gasteiger partial charge in [0.1, 0.15) is 6.61 Å². The SMILES string of the molecule is COc1cc(/C=C2/SC(=O)N(Cc3cccc4ccccc34)C2=O)cc(Cl)c1OCc1ccc([N+](=O)[O-])cc1. The van der Waals surface area contributed by atoms with Crippen LogP contribution < -0.4 is 9.47 Å². The number of non-ortho nitro benzene ring substituents is 1. The Labute approximate surface area is 232 Å². The summed E-state index contributed by atoms with van der Waals surface area (Å²) in [4.78, 5) is 37.8. The Kier molecular flexibility index (Phi) is 7.53. The monoisotopic (exact) mass is 560 g/mol. The number of hydrogen-bond donors (Lipinski definition) is 0. The lowest BCUT2D eigenvalue weighted by Gasteiger charge is -2.14. The lowest BCUT2D eigenvalue weighted by molar-refractivity contribution is -0.384. The zero-order chi connectivity index (χ0) is 27.5. The molecule has 0 spiro atoms. The number of fused-ring (bicyclic) bond motifs is 1. The summed E-state index contributed by atoms with van der Waals surface area (Å²) in [5.41, 5.74) is 2.15. The number of carbonyl (C=O) groups excluding carboxylic acids is 2. The third-order valence-corrected chi connectivity index (χ3v) is 7.35. The molecule has 0 unspecified atom stereocenters. The standard InChI is InChI=1S/C29H21ClN2O6S/c1-37-25-14-19(13-24(30)27(25)38-17-18-9-11-22(12-10-18)32(35)36)15-26-28(33)31(29(34)39-26)16-21-7-4-6-20-5-2-3-8-23(20)21/h2-15H,16-17H2,1H3/b26-15+. The number of nitro benzene ring substituents is 1. The molecule has 0 aromatic heterocycles. The zero-order valence-electron chi connectivity index (χ0n) is 20.6. The summed E-state index contributed by atoms with van der Waals surface area (Å²) in [7, 11) is 1.46. The third kappa shape index (κ3) is 5.59. The van der Waals surface area contributed by atoms with Crippen LogP contribution in [0.25, 0.3) is 16.8 Å². The first-order chi connectivity index (χ1) is 18.8. The van der Waals surface area contributed by atoms with E-state index in [9.17, 15) is 19.7 Å². The minimum absolute atomic E-state index is 0.0137. The third-order valence-electron chi connectivity index (χ3n) is 6.16. The van der Waals surface area contributed by atoms with Crippen LogP contribution in [0.1, 0.15) is 16.7 Å². The van der Waals surface area contributed by atoms with Gasteiger partial charge in [0.05, 0.1) is 28.5 Å². The van der Waals surface area contributed by atoms with Crippen LogP contribution in [0, 0.1) is 10.1 Å². The van der Waals surface area contributed by atoms with Crippen molar-refractivity contribution in [3.63, 3.8) is 0 Å². The lowest BCUT2D eigenvalue weighted by Crippen LogP contribution is -2.27. The number of rotatable bonds is 8. The summed E-state index contributed by atoms with van der Waals surface area (Å²) in [6.07, 6.45) is 1.60. The van der Waals surface area contributed by atoms with Gasteiger partial charge in [-0.2, -0.15) is 0 Å². The average Bonchev–Trinajstić information content (AvgIpc) is 3.19. The van der Waals surface area contributed by atoms with Crippen molar-refractivity contribution >= 4 is 57.0 Å². The highest BCUT2D eigenvalue weighted by atomic mass is 35.5. The van der Waals surface area contributed by atoms with Gasteiger partial charge in [-0.3, -0.25) is 24.6 Å². The molecular formula is C29H21ClN2O6S. The highest BCUT2D eigenvalue weighted by Gasteiger charge is 2.35. The van der Waals surface area contributed by atoms with Crippen LogP contribution in [0.2, 0.25) is 5.02 Å². The minimum Gasteiger partial charge on any atom is -0.493 e. The van der Waals surface area contributed by atoms with Crippen molar-refractivity contribution in [3.8, 4) is 11.5 Å². The van der Waals surface area contributed by atoms with Crippen molar-refractivity contribution in [3.05, 3.63) is 116 Å². The number of ether oxygens (including phenoxy) is 2. The molecule has 2 amide bonds. The first kappa shape index (κ1) is 26.3. The molecule has 196 valence electrons. The number of nitro groups is 1. The molecule has 1 heterocycles. The Morgan fingerprint density at radius 1 is 1.03 bits per heavy atom. The maximum atomic E-state index is 13.2. The number of carbonyl (C=O) groups is 2. The number of amides is 2. The van der Waals surface area contributed by atoms with Crippen LogP contribution in [-0.2, 0) is 17.9 Å². The summed E-state index contributed by atoms with van der Waals surface area (Å²) in [6.45, 7) is 0.281. The van der Waals surface area contributed by atoms with Crippen molar-refractivity contribution < 1.29 is 24.0 Å². The van der Waals surface area contributed by atoms with E-state index in [1.54, 1.807) is 30.3 Å². The number of thioether (sulfide) groups is 1. The van der Waals surface area contributed by atoms with Gasteiger partial charge in [0.2, 0.25) is 0 Å². The molecule has 1 aliphatic rings. The van der Waals surface area contributed by atoms with Crippen LogP contribution >= 0.6 is 23.4 Å². The smallest absolute Gasteiger partial charge is 0.293 e. The predicted molar refractivity (Wildman–Crippen MR) is 151 cm³/mol. The molecule has 1 fully saturated rings. The normalized spacial score (nSPS) is 14.3. The maximum absolute atomic E-state index is 13.2. The molecule has 5 rings (SSSR count). The van der Waals surface area contributed by atoms with Crippen LogP contribution in [0.3, 0.4) is 0 Å². The predicted octanol–water partition coefficient (Wildman–Crippen LogP) is 7.23. The van der Waals surface area contributed by atoms with Gasteiger partial charge in [-0.25, -0.2) is 0 Å². The average molecular weight is 561 g/mol. The van der Waals surface area contributed by atoms with Gasteiger partial charge in [0.25, 0.3) is 16.8 Å². The van der Waals surface area contributed by atoms with E-state index < -0.39 is 4.92 Å². The lowest BCUT2D eigenvalue weighted by atomic mass is 10.0. The van der Waals surface area contributed by atoms with Gasteiger partial charge in [-0.05, 0) is 69.6 Å². The van der Waals surface area contributed by atoms with E-state index in [1.807, 2.05) is 42.5 Å². The Balaban J connectivity index is 1.34. The Bertz CT molecular complexity index is 1630. The van der Waals surface area contributed by atoms with Gasteiger partial charge in [-0.1, -0.05) is 54.1 Å². The van der Waals surface area contributed by atoms with Gasteiger partial charge in [0, 0.05) is 12.1 Å². The number of hydrogen-bond acceptors (Lipinski definition) is 7. The first-order valence-electron chi connectivity index (χ1n) is 11.8. The van der Waals surface area contributed by atoms with E-state index in [0.29, 0.717) is 22.6 Å². The molecule has 1 aliphatic heterocycles. The first-order valence-corrected chi connectivity index (χ1v) is 13.0. The molecule has 0 saturated carbocycles. The van der Waals surface area contributed by atoms with Crippen molar-refractivity contribution in [2.45, 2.75) is 13.2 Å². The van der Waals surface area contributed by atoms with Crippen LogP contribution in [0.5, 0.6) is 11.5 Å². The van der Waals surface area contributed by atoms with Crippen LogP contribution in [-0.4, -0.2) is 28.1 Å². The summed E-state index contributed by atoms with van der Waals surface area (Å²) in [5, 5.41) is 12.8. The molecule has 0 N–H and O–H groups in total. The molecule has 0 bridgehead atoms. The largest absolute Gasteiger partial charge is 0.493 e. The number of benzene rings is 4. The van der Waals surface area contributed by atoms with E-state index in [-0.39, 0.29) is 39.9 Å². The van der Waals surface area contributed by atoms with E-state index in [2.05, 4.69) is 0 Å². The summed E-state index contributed by atoms with van der Waals surface area (Å²) >= 11 is 7.37. The molecule has 10 heteroatoms. The molecule has 0 radical (unpaired) electrons. The fourth-order valence-electron chi connectivity index (χ4n) is 4.22. The maximum Gasteiger partial charge on any atom is 0.293 e.